The lowest BCUT2D eigenvalue weighted by molar-refractivity contribution is -0.308. The molecule has 1 unspecified atom stereocenters. The highest BCUT2D eigenvalue weighted by atomic mass is 16.5. The molecule has 2 amide bonds. The molecule has 24 nitrogen and oxygen atoms in total. The zero-order chi connectivity index (χ0) is 50.1. The summed E-state index contributed by atoms with van der Waals surface area (Å²) >= 11 is 0. The van der Waals surface area contributed by atoms with Gasteiger partial charge in [-0.15, -0.1) is 0 Å². The Hall–Kier alpha value is -4.82. The van der Waals surface area contributed by atoms with E-state index in [2.05, 4.69) is 16.0 Å². The molecule has 0 aromatic heterocycles. The van der Waals surface area contributed by atoms with Gasteiger partial charge in [-0.2, -0.15) is 0 Å². The quantitative estimate of drug-likeness (QED) is 0.0358. The highest BCUT2D eigenvalue weighted by Crippen LogP contribution is 2.16. The molecule has 1 aliphatic heterocycles. The zero-order valence-corrected chi connectivity index (χ0v) is 39.8. The van der Waals surface area contributed by atoms with Crippen molar-refractivity contribution in [3.05, 3.63) is 20.4 Å². The van der Waals surface area contributed by atoms with Gasteiger partial charge in [0, 0.05) is 132 Å². The van der Waals surface area contributed by atoms with Crippen LogP contribution in [0.4, 0.5) is 11.4 Å². The van der Waals surface area contributed by atoms with Gasteiger partial charge in [-0.1, -0.05) is 12.8 Å². The number of ether oxygens (including phenoxy) is 4. The summed E-state index contributed by atoms with van der Waals surface area (Å²) in [6.07, 6.45) is 3.70. The summed E-state index contributed by atoms with van der Waals surface area (Å²) in [4.78, 5) is 103. The van der Waals surface area contributed by atoms with E-state index < -0.39 is 60.4 Å². The van der Waals surface area contributed by atoms with Crippen LogP contribution in [0.25, 0.3) is 0 Å². The maximum atomic E-state index is 12.5. The summed E-state index contributed by atoms with van der Waals surface area (Å²) in [6.45, 7) is 8.19. The van der Waals surface area contributed by atoms with E-state index in [4.69, 9.17) is 18.9 Å². The fourth-order valence-corrected chi connectivity index (χ4v) is 7.34. The molecule has 0 radical (unpaired) electrons. The number of carboxylic acids is 4. The third-order valence-electron chi connectivity index (χ3n) is 11.0. The summed E-state index contributed by atoms with van der Waals surface area (Å²) < 4.78 is 21.9. The number of hydrogen-bond donors (Lipinski definition) is 4. The van der Waals surface area contributed by atoms with Crippen molar-refractivity contribution in [1.29, 1.82) is 0 Å². The summed E-state index contributed by atoms with van der Waals surface area (Å²) in [5.41, 5.74) is -0.832. The predicted octanol–water partition coefficient (Wildman–Crippen LogP) is -5.19. The summed E-state index contributed by atoms with van der Waals surface area (Å²) in [5.74, 6) is -5.51. The molecule has 1 aromatic carbocycles. The van der Waals surface area contributed by atoms with Crippen molar-refractivity contribution in [1.82, 2.24) is 29.8 Å². The molecule has 0 aliphatic carbocycles. The molecule has 1 heterocycles. The van der Waals surface area contributed by atoms with Crippen molar-refractivity contribution < 1.29 is 68.1 Å². The van der Waals surface area contributed by atoms with Crippen LogP contribution in [0.1, 0.15) is 58.8 Å². The van der Waals surface area contributed by atoms with Crippen molar-refractivity contribution in [3.8, 4) is 0 Å². The second-order valence-corrected chi connectivity index (χ2v) is 16.3. The molecular formula is C44H73N8O16-3. The van der Waals surface area contributed by atoms with E-state index in [1.165, 1.54) is 16.7 Å². The Morgan fingerprint density at radius 1 is 0.603 bits per heavy atom. The smallest absolute Gasteiger partial charge is 0.320 e. The standard InChI is InChI=1S/C44H76N8O16/c1-3-65-25-9-14-52(34(2)53)30-36(54)45-12-7-23-66-26-28-68-29-27-67-24-8-13-47-41-40(42(61)43(41)62)46-11-6-4-5-10-35(44(63)64)51-21-19-49(32-38(57)58)17-15-48(31-37(55)56)16-18-50(20-22-51)33-39(59)60/h35,46-47H,3-33H2,1-2H3,(H,45,54)(H,55,56)(H,57,58)(H,59,60)(H,63,64)/p-3. The van der Waals surface area contributed by atoms with Crippen LogP contribution in [0.5, 0.6) is 0 Å². The fraction of sp³-hybridized carbons (Fsp3) is 0.773. The van der Waals surface area contributed by atoms with Gasteiger partial charge in [-0.05, 0) is 39.0 Å². The number of carbonyl (C=O) groups excluding carboxylic acids is 5. The Balaban J connectivity index is 1.65. The maximum absolute atomic E-state index is 12.5. The van der Waals surface area contributed by atoms with Gasteiger partial charge in [0.1, 0.15) is 17.4 Å². The molecule has 1 atom stereocenters. The van der Waals surface area contributed by atoms with Crippen LogP contribution in [0.3, 0.4) is 0 Å². The highest BCUT2D eigenvalue weighted by molar-refractivity contribution is 5.83. The van der Waals surface area contributed by atoms with Gasteiger partial charge in [0.05, 0.1) is 50.9 Å². The first-order valence-corrected chi connectivity index (χ1v) is 23.5. The Kier molecular flexibility index (Phi) is 30.8. The van der Waals surface area contributed by atoms with Gasteiger partial charge in [0.15, 0.2) is 0 Å². The number of hydrogen-bond acceptors (Lipinski definition) is 21. The molecule has 4 N–H and O–H groups in total. The molecular weight excluding hydrogens is 897 g/mol. The van der Waals surface area contributed by atoms with Gasteiger partial charge in [0.2, 0.25) is 11.8 Å². The first kappa shape index (κ1) is 59.3. The van der Waals surface area contributed by atoms with E-state index in [1.54, 1.807) is 14.7 Å². The molecule has 0 saturated carbocycles. The van der Waals surface area contributed by atoms with Crippen molar-refractivity contribution in [2.75, 3.05) is 168 Å². The second-order valence-electron chi connectivity index (χ2n) is 16.3. The number of carboxylic acid groups (broad SMARTS) is 4. The van der Waals surface area contributed by atoms with E-state index in [0.29, 0.717) is 118 Å². The van der Waals surface area contributed by atoms with Crippen LogP contribution in [-0.2, 0) is 47.7 Å². The Labute approximate surface area is 397 Å². The molecule has 0 bridgehead atoms. The van der Waals surface area contributed by atoms with Crippen molar-refractivity contribution in [2.24, 2.45) is 0 Å². The summed E-state index contributed by atoms with van der Waals surface area (Å²) in [7, 11) is 0. The molecule has 1 aliphatic rings. The normalized spacial score (nSPS) is 15.3. The molecule has 1 saturated heterocycles. The summed E-state index contributed by atoms with van der Waals surface area (Å²) in [6, 6.07) is -0.971. The molecule has 388 valence electrons. The van der Waals surface area contributed by atoms with E-state index in [0.717, 1.165) is 0 Å². The van der Waals surface area contributed by atoms with E-state index in [-0.39, 0.29) is 88.5 Å². The van der Waals surface area contributed by atoms with Crippen molar-refractivity contribution >= 4 is 47.1 Å². The minimum atomic E-state index is -1.34. The monoisotopic (exact) mass is 970 g/mol. The van der Waals surface area contributed by atoms with E-state index in [9.17, 15) is 58.8 Å². The molecule has 1 aromatic rings. The second kappa shape index (κ2) is 35.3. The Morgan fingerprint density at radius 3 is 1.50 bits per heavy atom. The average molecular weight is 970 g/mol. The van der Waals surface area contributed by atoms with Crippen LogP contribution in [0.15, 0.2) is 9.59 Å². The van der Waals surface area contributed by atoms with Gasteiger partial charge in [0.25, 0.3) is 10.9 Å². The lowest BCUT2D eigenvalue weighted by Gasteiger charge is -2.36. The van der Waals surface area contributed by atoms with Crippen molar-refractivity contribution in [3.63, 3.8) is 0 Å². The number of unbranched alkanes of at least 4 members (excludes halogenated alkanes) is 2. The fourth-order valence-electron chi connectivity index (χ4n) is 7.34. The molecule has 24 heteroatoms. The maximum Gasteiger partial charge on any atom is 0.320 e. The van der Waals surface area contributed by atoms with Crippen LogP contribution >= 0.6 is 0 Å². The Bertz CT molecular complexity index is 1700. The highest BCUT2D eigenvalue weighted by Gasteiger charge is 2.27. The number of carbonyl (C=O) groups is 6. The van der Waals surface area contributed by atoms with Gasteiger partial charge in [-0.25, -0.2) is 0 Å². The topological polar surface area (TPSA) is 315 Å². The van der Waals surface area contributed by atoms with E-state index in [1.807, 2.05) is 6.92 Å². The number of amides is 2. The third-order valence-corrected chi connectivity index (χ3v) is 11.0. The minimum absolute atomic E-state index is 0.00339. The van der Waals surface area contributed by atoms with E-state index >= 15 is 0 Å². The minimum Gasteiger partial charge on any atom is -0.549 e. The molecule has 2 rings (SSSR count). The lowest BCUT2D eigenvalue weighted by Crippen LogP contribution is -2.53. The SMILES string of the molecule is CCOCCCN(CC(=O)NCCCOCCOCCOCCCNc1c(NCCCCCC(C(=O)O)N2CCN(CC(=O)[O-])CCN(CC(=O)[O-])CCN(CC(=O)[O-])CC2)c(=O)c1=O)C(C)=O. The predicted molar refractivity (Wildman–Crippen MR) is 242 cm³/mol. The van der Waals surface area contributed by atoms with Gasteiger partial charge < -0.3 is 74.6 Å². The number of rotatable bonds is 37. The summed E-state index contributed by atoms with van der Waals surface area (Å²) in [5, 5.41) is 53.4. The lowest BCUT2D eigenvalue weighted by atomic mass is 10.1. The van der Waals surface area contributed by atoms with Crippen LogP contribution in [0.2, 0.25) is 0 Å². The van der Waals surface area contributed by atoms with Gasteiger partial charge in [-0.3, -0.25) is 43.6 Å². The first-order valence-electron chi connectivity index (χ1n) is 23.5. The molecule has 1 fully saturated rings. The first-order chi connectivity index (χ1) is 32.6. The average Bonchev–Trinajstić information content (AvgIpc) is 3.28. The number of nitrogens with one attached hydrogen (secondary N) is 3. The van der Waals surface area contributed by atoms with Crippen LogP contribution < -0.4 is 42.1 Å². The van der Waals surface area contributed by atoms with Crippen LogP contribution in [0, 0.1) is 0 Å². The zero-order valence-electron chi connectivity index (χ0n) is 39.8. The number of nitrogens with zero attached hydrogens (tertiary/aromatic N) is 5. The molecule has 0 spiro atoms. The third kappa shape index (κ3) is 26.1. The van der Waals surface area contributed by atoms with Gasteiger partial charge >= 0.3 is 5.97 Å². The van der Waals surface area contributed by atoms with Crippen LogP contribution in [-0.4, -0.2) is 229 Å². The molecule has 68 heavy (non-hydrogen) atoms. The Morgan fingerprint density at radius 2 is 1.04 bits per heavy atom. The van der Waals surface area contributed by atoms with Crippen molar-refractivity contribution in [2.45, 2.75) is 64.8 Å². The number of aliphatic carboxylic acids is 4. The number of anilines is 2. The largest absolute Gasteiger partial charge is 0.549 e.